The molecule has 2 aromatic rings. The maximum absolute atomic E-state index is 10.7. The number of H-pyrrole nitrogens is 1. The van der Waals surface area contributed by atoms with Gasteiger partial charge in [-0.3, -0.25) is 4.79 Å². The van der Waals surface area contributed by atoms with Gasteiger partial charge in [-0.05, 0) is 12.1 Å². The first-order valence-electron chi connectivity index (χ1n) is 2.89. The number of aromatic amines is 1. The highest BCUT2D eigenvalue weighted by molar-refractivity contribution is 5.42. The van der Waals surface area contributed by atoms with Crippen molar-refractivity contribution in [2.45, 2.75) is 0 Å². The van der Waals surface area contributed by atoms with Crippen molar-refractivity contribution >= 4 is 5.52 Å². The predicted molar refractivity (Wildman–Crippen MR) is 35.8 cm³/mol. The normalized spacial score (nSPS) is 10.4. The van der Waals surface area contributed by atoms with E-state index in [4.69, 9.17) is 0 Å². The monoisotopic (exact) mass is 135 g/mol. The molecule has 0 aromatic carbocycles. The van der Waals surface area contributed by atoms with Crippen molar-refractivity contribution < 1.29 is 0 Å². The molecule has 0 bridgehead atoms. The molecule has 2 heterocycles. The van der Waals surface area contributed by atoms with Crippen molar-refractivity contribution in [2.75, 3.05) is 0 Å². The lowest BCUT2D eigenvalue weighted by Crippen LogP contribution is -1.99. The van der Waals surface area contributed by atoms with Gasteiger partial charge in [-0.15, -0.1) is 0 Å². The fourth-order valence-electron chi connectivity index (χ4n) is 0.858. The summed E-state index contributed by atoms with van der Waals surface area (Å²) in [7, 11) is 0. The van der Waals surface area contributed by atoms with Crippen LogP contribution in [0.15, 0.2) is 29.2 Å². The van der Waals surface area contributed by atoms with Gasteiger partial charge in [-0.25, -0.2) is 5.10 Å². The van der Waals surface area contributed by atoms with Crippen molar-refractivity contribution in [1.82, 2.24) is 14.8 Å². The molecule has 0 aliphatic heterocycles. The molecular formula is C6H5N3O. The van der Waals surface area contributed by atoms with E-state index in [2.05, 4.69) is 10.2 Å². The Labute approximate surface area is 56.1 Å². The zero-order chi connectivity index (χ0) is 6.97. The Kier molecular flexibility index (Phi) is 0.887. The third-order valence-electron chi connectivity index (χ3n) is 1.27. The summed E-state index contributed by atoms with van der Waals surface area (Å²) in [5, 5.41) is 6.37. The van der Waals surface area contributed by atoms with E-state index in [1.165, 1.54) is 10.7 Å². The quantitative estimate of drug-likeness (QED) is 0.553. The minimum atomic E-state index is -0.126. The lowest BCUT2D eigenvalue weighted by Gasteiger charge is -1.86. The Morgan fingerprint density at radius 1 is 1.60 bits per heavy atom. The summed E-state index contributed by atoms with van der Waals surface area (Å²) in [6.45, 7) is 0. The van der Waals surface area contributed by atoms with Gasteiger partial charge in [0.25, 0.3) is 5.56 Å². The van der Waals surface area contributed by atoms with Crippen LogP contribution in [0.4, 0.5) is 0 Å². The number of nitrogens with zero attached hydrogens (tertiary/aromatic N) is 2. The third kappa shape index (κ3) is 0.621. The van der Waals surface area contributed by atoms with Crippen LogP contribution >= 0.6 is 0 Å². The van der Waals surface area contributed by atoms with Crippen LogP contribution in [-0.4, -0.2) is 14.8 Å². The molecule has 2 rings (SSSR count). The van der Waals surface area contributed by atoms with Gasteiger partial charge < -0.3 is 0 Å². The topological polar surface area (TPSA) is 50.2 Å². The van der Waals surface area contributed by atoms with Crippen LogP contribution in [-0.2, 0) is 0 Å². The van der Waals surface area contributed by atoms with E-state index in [-0.39, 0.29) is 5.56 Å². The van der Waals surface area contributed by atoms with Gasteiger partial charge in [0.2, 0.25) is 0 Å². The van der Waals surface area contributed by atoms with Crippen LogP contribution in [0.25, 0.3) is 5.52 Å². The first-order chi connectivity index (χ1) is 4.86. The Hall–Kier alpha value is -1.58. The number of rotatable bonds is 0. The molecule has 0 aliphatic rings. The Bertz CT molecular complexity index is 364. The Morgan fingerprint density at radius 2 is 2.50 bits per heavy atom. The van der Waals surface area contributed by atoms with Crippen molar-refractivity contribution in [3.63, 3.8) is 0 Å². The van der Waals surface area contributed by atoms with Crippen molar-refractivity contribution in [2.24, 2.45) is 0 Å². The number of hydrogen-bond acceptors (Lipinski definition) is 2. The van der Waals surface area contributed by atoms with Gasteiger partial charge in [0.15, 0.2) is 0 Å². The van der Waals surface area contributed by atoms with Crippen LogP contribution in [0.5, 0.6) is 0 Å². The zero-order valence-corrected chi connectivity index (χ0v) is 5.11. The van der Waals surface area contributed by atoms with Crippen LogP contribution in [0.3, 0.4) is 0 Å². The van der Waals surface area contributed by atoms with E-state index < -0.39 is 0 Å². The largest absolute Gasteiger partial charge is 0.268 e. The van der Waals surface area contributed by atoms with Gasteiger partial charge >= 0.3 is 0 Å². The second-order valence-electron chi connectivity index (χ2n) is 1.98. The first kappa shape index (κ1) is 5.22. The summed E-state index contributed by atoms with van der Waals surface area (Å²) in [6, 6.07) is 5.08. The minimum absolute atomic E-state index is 0.126. The molecule has 0 unspecified atom stereocenters. The van der Waals surface area contributed by atoms with Crippen molar-refractivity contribution in [3.8, 4) is 0 Å². The molecule has 1 N–H and O–H groups in total. The molecule has 0 atom stereocenters. The average Bonchev–Trinajstić information content (AvgIpc) is 2.27. The fourth-order valence-corrected chi connectivity index (χ4v) is 0.858. The van der Waals surface area contributed by atoms with Crippen LogP contribution < -0.4 is 5.56 Å². The molecule has 0 amide bonds. The fraction of sp³-hybridized carbons (Fsp3) is 0. The van der Waals surface area contributed by atoms with Gasteiger partial charge in [0, 0.05) is 12.3 Å². The van der Waals surface area contributed by atoms with E-state index >= 15 is 0 Å². The van der Waals surface area contributed by atoms with Gasteiger partial charge in [0.05, 0.1) is 5.52 Å². The summed E-state index contributed by atoms with van der Waals surface area (Å²) < 4.78 is 1.43. The summed E-state index contributed by atoms with van der Waals surface area (Å²) in [5.74, 6) is 0. The average molecular weight is 135 g/mol. The second-order valence-corrected chi connectivity index (χ2v) is 1.98. The van der Waals surface area contributed by atoms with Gasteiger partial charge in [-0.1, -0.05) is 0 Å². The summed E-state index contributed by atoms with van der Waals surface area (Å²) in [5.41, 5.74) is 0.659. The SMILES string of the molecule is O=c1cc2cccnn2[nH]1. The van der Waals surface area contributed by atoms with Crippen LogP contribution in [0, 0.1) is 0 Å². The molecule has 4 nitrogen and oxygen atoms in total. The smallest absolute Gasteiger partial charge is 0.266 e. The van der Waals surface area contributed by atoms with E-state index in [0.717, 1.165) is 5.52 Å². The number of aromatic nitrogens is 3. The summed E-state index contributed by atoms with van der Waals surface area (Å²) in [6.07, 6.45) is 1.61. The summed E-state index contributed by atoms with van der Waals surface area (Å²) >= 11 is 0. The first-order valence-corrected chi connectivity index (χ1v) is 2.89. The number of fused-ring (bicyclic) bond motifs is 1. The molecule has 0 spiro atoms. The zero-order valence-electron chi connectivity index (χ0n) is 5.11. The molecule has 0 saturated carbocycles. The maximum atomic E-state index is 10.7. The van der Waals surface area contributed by atoms with Crippen molar-refractivity contribution in [3.05, 3.63) is 34.7 Å². The second kappa shape index (κ2) is 1.70. The number of nitrogens with one attached hydrogen (secondary N) is 1. The van der Waals surface area contributed by atoms with Gasteiger partial charge in [-0.2, -0.15) is 9.73 Å². The Morgan fingerprint density at radius 3 is 3.30 bits per heavy atom. The highest BCUT2D eigenvalue weighted by Gasteiger charge is 1.91. The maximum Gasteiger partial charge on any atom is 0.266 e. The molecule has 0 aliphatic carbocycles. The predicted octanol–water partition coefficient (Wildman–Crippen LogP) is 0.0226. The third-order valence-corrected chi connectivity index (χ3v) is 1.27. The van der Waals surface area contributed by atoms with Crippen molar-refractivity contribution in [1.29, 1.82) is 0 Å². The van der Waals surface area contributed by atoms with Crippen LogP contribution in [0.2, 0.25) is 0 Å². The molecule has 2 aromatic heterocycles. The Balaban J connectivity index is 3.01. The number of hydrogen-bond donors (Lipinski definition) is 1. The highest BCUT2D eigenvalue weighted by atomic mass is 16.1. The molecule has 10 heavy (non-hydrogen) atoms. The molecule has 0 radical (unpaired) electrons. The molecule has 0 fully saturated rings. The highest BCUT2D eigenvalue weighted by Crippen LogP contribution is 1.91. The standard InChI is InChI=1S/C6H5N3O/c10-6-4-5-2-1-3-7-9(5)8-6/h1-4H,(H,8,10). The lowest BCUT2D eigenvalue weighted by atomic mass is 10.5. The summed E-state index contributed by atoms with van der Waals surface area (Å²) in [4.78, 5) is 10.7. The lowest BCUT2D eigenvalue weighted by molar-refractivity contribution is 0.788. The van der Waals surface area contributed by atoms with Crippen LogP contribution in [0.1, 0.15) is 0 Å². The molecule has 4 heteroatoms. The minimum Gasteiger partial charge on any atom is -0.268 e. The molecule has 50 valence electrons. The van der Waals surface area contributed by atoms with E-state index in [0.29, 0.717) is 0 Å². The molecular weight excluding hydrogens is 130 g/mol. The van der Waals surface area contributed by atoms with Gasteiger partial charge in [0.1, 0.15) is 0 Å². The van der Waals surface area contributed by atoms with E-state index in [1.54, 1.807) is 12.3 Å². The van der Waals surface area contributed by atoms with E-state index in [9.17, 15) is 4.79 Å². The molecule has 0 saturated heterocycles. The van der Waals surface area contributed by atoms with E-state index in [1.807, 2.05) is 6.07 Å².